The van der Waals surface area contributed by atoms with Crippen LogP contribution in [0.1, 0.15) is 38.4 Å². The first-order chi connectivity index (χ1) is 13.1. The summed E-state index contributed by atoms with van der Waals surface area (Å²) in [5.74, 6) is 2.15. The summed E-state index contributed by atoms with van der Waals surface area (Å²) in [4.78, 5) is 12.3. The minimum Gasteiger partial charge on any atom is -0.497 e. The average molecular weight is 391 g/mol. The predicted molar refractivity (Wildman–Crippen MR) is 105 cm³/mol. The number of ether oxygens (including phenoxy) is 2. The molecule has 27 heavy (non-hydrogen) atoms. The molecule has 0 spiro atoms. The molecule has 0 aliphatic carbocycles. The molecule has 0 radical (unpaired) electrons. The van der Waals surface area contributed by atoms with E-state index in [0.29, 0.717) is 0 Å². The van der Waals surface area contributed by atoms with Crippen LogP contribution in [-0.2, 0) is 16.1 Å². The molecular weight excluding hydrogens is 364 g/mol. The van der Waals surface area contributed by atoms with E-state index >= 15 is 0 Å². The van der Waals surface area contributed by atoms with Gasteiger partial charge in [-0.05, 0) is 37.1 Å². The maximum Gasteiger partial charge on any atom is 0.234 e. The number of amides is 1. The first-order valence-corrected chi connectivity index (χ1v) is 10.2. The van der Waals surface area contributed by atoms with E-state index in [9.17, 15) is 4.79 Å². The van der Waals surface area contributed by atoms with Gasteiger partial charge in [0, 0.05) is 18.2 Å². The lowest BCUT2D eigenvalue weighted by atomic mass is 10.2. The Balaban J connectivity index is 1.61. The number of aromatic nitrogens is 3. The van der Waals surface area contributed by atoms with Crippen LogP contribution in [0.5, 0.6) is 5.75 Å². The van der Waals surface area contributed by atoms with Crippen molar-refractivity contribution >= 4 is 23.4 Å². The Morgan fingerprint density at radius 2 is 2.15 bits per heavy atom. The van der Waals surface area contributed by atoms with Gasteiger partial charge in [0.05, 0.1) is 25.5 Å². The van der Waals surface area contributed by atoms with Gasteiger partial charge in [-0.3, -0.25) is 4.79 Å². The molecule has 1 aliphatic rings. The highest BCUT2D eigenvalue weighted by Gasteiger charge is 2.22. The minimum atomic E-state index is -0.0806. The minimum absolute atomic E-state index is 0.0806. The summed E-state index contributed by atoms with van der Waals surface area (Å²) in [6.45, 7) is 5.75. The molecule has 1 saturated heterocycles. The first kappa shape index (κ1) is 19.7. The van der Waals surface area contributed by atoms with Crippen LogP contribution < -0.4 is 10.1 Å². The highest BCUT2D eigenvalue weighted by molar-refractivity contribution is 7.99. The quantitative estimate of drug-likeness (QED) is 0.697. The Morgan fingerprint density at radius 1 is 1.37 bits per heavy atom. The lowest BCUT2D eigenvalue weighted by molar-refractivity contribution is -0.113. The fraction of sp³-hybridized carbons (Fsp3) is 0.526. The van der Waals surface area contributed by atoms with E-state index < -0.39 is 0 Å². The van der Waals surface area contributed by atoms with Crippen molar-refractivity contribution in [1.82, 2.24) is 14.8 Å². The highest BCUT2D eigenvalue weighted by Crippen LogP contribution is 2.25. The van der Waals surface area contributed by atoms with Crippen molar-refractivity contribution in [1.29, 1.82) is 0 Å². The third kappa shape index (κ3) is 5.23. The van der Waals surface area contributed by atoms with Crippen LogP contribution in [0.4, 0.5) is 5.69 Å². The Morgan fingerprint density at radius 3 is 2.78 bits per heavy atom. The van der Waals surface area contributed by atoms with Crippen LogP contribution >= 0.6 is 11.8 Å². The number of benzene rings is 1. The molecule has 2 heterocycles. The second-order valence-corrected chi connectivity index (χ2v) is 7.75. The standard InChI is InChI=1S/C19H26N4O3S/c1-13(2)18-21-22-19(23(18)11-16-5-4-10-26-16)27-12-17(24)20-14-6-8-15(25-3)9-7-14/h6-9,13,16H,4-5,10-12H2,1-3H3,(H,20,24). The van der Waals surface area contributed by atoms with Crippen LogP contribution in [0.2, 0.25) is 0 Å². The molecule has 0 saturated carbocycles. The number of nitrogens with one attached hydrogen (secondary N) is 1. The normalized spacial score (nSPS) is 16.7. The number of anilines is 1. The number of thioether (sulfide) groups is 1. The van der Waals surface area contributed by atoms with E-state index in [1.807, 2.05) is 24.3 Å². The number of rotatable bonds is 8. The molecule has 0 bridgehead atoms. The SMILES string of the molecule is COc1ccc(NC(=O)CSc2nnc(C(C)C)n2CC2CCCO2)cc1. The number of hydrogen-bond acceptors (Lipinski definition) is 6. The molecule has 1 unspecified atom stereocenters. The smallest absolute Gasteiger partial charge is 0.234 e. The molecule has 1 aromatic heterocycles. The summed E-state index contributed by atoms with van der Waals surface area (Å²) in [7, 11) is 1.61. The maximum absolute atomic E-state index is 12.3. The first-order valence-electron chi connectivity index (χ1n) is 9.18. The van der Waals surface area contributed by atoms with E-state index in [1.165, 1.54) is 11.8 Å². The monoisotopic (exact) mass is 390 g/mol. The average Bonchev–Trinajstić information content (AvgIpc) is 3.31. The molecule has 2 aromatic rings. The Hall–Kier alpha value is -2.06. The molecule has 3 rings (SSSR count). The Bertz CT molecular complexity index is 755. The third-order valence-corrected chi connectivity index (χ3v) is 5.34. The van der Waals surface area contributed by atoms with Gasteiger partial charge in [-0.15, -0.1) is 10.2 Å². The molecule has 7 nitrogen and oxygen atoms in total. The van der Waals surface area contributed by atoms with Gasteiger partial charge in [0.2, 0.25) is 5.91 Å². The molecule has 1 fully saturated rings. The van der Waals surface area contributed by atoms with Gasteiger partial charge in [-0.2, -0.15) is 0 Å². The van der Waals surface area contributed by atoms with E-state index in [-0.39, 0.29) is 23.7 Å². The van der Waals surface area contributed by atoms with Gasteiger partial charge in [0.1, 0.15) is 11.6 Å². The van der Waals surface area contributed by atoms with Crippen LogP contribution in [-0.4, -0.2) is 46.2 Å². The fourth-order valence-electron chi connectivity index (χ4n) is 3.00. The van der Waals surface area contributed by atoms with Crippen molar-refractivity contribution in [2.24, 2.45) is 0 Å². The summed E-state index contributed by atoms with van der Waals surface area (Å²) in [6, 6.07) is 7.27. The summed E-state index contributed by atoms with van der Waals surface area (Å²) in [5.41, 5.74) is 0.741. The fourth-order valence-corrected chi connectivity index (χ4v) is 3.75. The zero-order valence-corrected chi connectivity index (χ0v) is 16.8. The van der Waals surface area contributed by atoms with Gasteiger partial charge in [0.25, 0.3) is 0 Å². The molecule has 1 amide bonds. The van der Waals surface area contributed by atoms with Crippen molar-refractivity contribution in [2.45, 2.75) is 50.4 Å². The lowest BCUT2D eigenvalue weighted by Gasteiger charge is -2.16. The number of methoxy groups -OCH3 is 1. The summed E-state index contributed by atoms with van der Waals surface area (Å²) in [6.07, 6.45) is 2.35. The van der Waals surface area contributed by atoms with Crippen molar-refractivity contribution in [3.05, 3.63) is 30.1 Å². The summed E-state index contributed by atoms with van der Waals surface area (Å²) in [5, 5.41) is 12.3. The molecule has 1 aromatic carbocycles. The van der Waals surface area contributed by atoms with Gasteiger partial charge in [0.15, 0.2) is 5.16 Å². The van der Waals surface area contributed by atoms with Gasteiger partial charge < -0.3 is 19.4 Å². The largest absolute Gasteiger partial charge is 0.497 e. The van der Waals surface area contributed by atoms with E-state index in [2.05, 4.69) is 33.9 Å². The van der Waals surface area contributed by atoms with Gasteiger partial charge in [-0.25, -0.2) is 0 Å². The molecule has 1 atom stereocenters. The molecule has 1 N–H and O–H groups in total. The second kappa shape index (κ2) is 9.23. The molecule has 8 heteroatoms. The number of carbonyl (C=O) groups is 1. The van der Waals surface area contributed by atoms with Crippen LogP contribution in [0.15, 0.2) is 29.4 Å². The second-order valence-electron chi connectivity index (χ2n) is 6.81. The Labute approximate surface area is 163 Å². The topological polar surface area (TPSA) is 78.3 Å². The maximum atomic E-state index is 12.3. The van der Waals surface area contributed by atoms with E-state index in [1.54, 1.807) is 7.11 Å². The van der Waals surface area contributed by atoms with Crippen LogP contribution in [0, 0.1) is 0 Å². The summed E-state index contributed by atoms with van der Waals surface area (Å²) < 4.78 is 13.0. The zero-order chi connectivity index (χ0) is 19.2. The lowest BCUT2D eigenvalue weighted by Crippen LogP contribution is -2.19. The van der Waals surface area contributed by atoms with Crippen LogP contribution in [0.25, 0.3) is 0 Å². The molecule has 146 valence electrons. The van der Waals surface area contributed by atoms with Gasteiger partial charge >= 0.3 is 0 Å². The van der Waals surface area contributed by atoms with Crippen molar-refractivity contribution in [3.63, 3.8) is 0 Å². The predicted octanol–water partition coefficient (Wildman–Crippen LogP) is 3.32. The van der Waals surface area contributed by atoms with E-state index in [0.717, 1.165) is 48.4 Å². The van der Waals surface area contributed by atoms with Crippen LogP contribution in [0.3, 0.4) is 0 Å². The number of nitrogens with zero attached hydrogens (tertiary/aromatic N) is 3. The molecule has 1 aliphatic heterocycles. The highest BCUT2D eigenvalue weighted by atomic mass is 32.2. The van der Waals surface area contributed by atoms with E-state index in [4.69, 9.17) is 9.47 Å². The summed E-state index contributed by atoms with van der Waals surface area (Å²) >= 11 is 1.40. The zero-order valence-electron chi connectivity index (χ0n) is 16.0. The molecular formula is C19H26N4O3S. The van der Waals surface area contributed by atoms with Crippen molar-refractivity contribution in [3.8, 4) is 5.75 Å². The number of hydrogen-bond donors (Lipinski definition) is 1. The third-order valence-electron chi connectivity index (χ3n) is 4.38. The van der Waals surface area contributed by atoms with Gasteiger partial charge in [-0.1, -0.05) is 25.6 Å². The number of carbonyl (C=O) groups excluding carboxylic acids is 1. The van der Waals surface area contributed by atoms with Crippen molar-refractivity contribution < 1.29 is 14.3 Å². The van der Waals surface area contributed by atoms with Crippen molar-refractivity contribution in [2.75, 3.05) is 24.8 Å². The Kier molecular flexibility index (Phi) is 6.73.